The summed E-state index contributed by atoms with van der Waals surface area (Å²) in [7, 11) is 0. The number of Topliss-reactive ketones (excluding diaryl/α,β-unsaturated/α-hetero) is 2. The molecule has 0 aliphatic carbocycles. The van der Waals surface area contributed by atoms with Gasteiger partial charge in [0.25, 0.3) is 0 Å². The van der Waals surface area contributed by atoms with E-state index in [0.29, 0.717) is 12.8 Å². The van der Waals surface area contributed by atoms with E-state index in [1.807, 2.05) is 20.8 Å². The van der Waals surface area contributed by atoms with E-state index in [2.05, 4.69) is 0 Å². The Morgan fingerprint density at radius 1 is 1.08 bits per heavy atom. The molecule has 0 aliphatic heterocycles. The van der Waals surface area contributed by atoms with Crippen LogP contribution in [0.4, 0.5) is 0 Å². The van der Waals surface area contributed by atoms with Gasteiger partial charge < -0.3 is 4.79 Å². The molecule has 0 radical (unpaired) electrons. The van der Waals surface area contributed by atoms with Crippen LogP contribution in [0.3, 0.4) is 0 Å². The molecule has 0 spiro atoms. The second-order valence-electron chi connectivity index (χ2n) is 3.89. The maximum Gasteiger partial charge on any atom is 0.139 e. The highest BCUT2D eigenvalue weighted by atomic mass is 16.1. The second-order valence-corrected chi connectivity index (χ2v) is 3.89. The van der Waals surface area contributed by atoms with Crippen molar-refractivity contribution in [1.29, 1.82) is 0 Å². The van der Waals surface area contributed by atoms with E-state index in [1.165, 1.54) is 6.92 Å². The monoisotopic (exact) mass is 184 g/mol. The molecule has 0 unspecified atom stereocenters. The van der Waals surface area contributed by atoms with Crippen molar-refractivity contribution in [3.63, 3.8) is 0 Å². The molecule has 0 atom stereocenters. The first-order chi connectivity index (χ1) is 5.96. The Morgan fingerprint density at radius 3 is 1.85 bits per heavy atom. The smallest absolute Gasteiger partial charge is 0.139 e. The van der Waals surface area contributed by atoms with E-state index in [4.69, 9.17) is 0 Å². The summed E-state index contributed by atoms with van der Waals surface area (Å²) < 4.78 is 0. The van der Waals surface area contributed by atoms with E-state index in [0.717, 1.165) is 12.8 Å². The van der Waals surface area contributed by atoms with E-state index in [9.17, 15) is 9.59 Å². The van der Waals surface area contributed by atoms with Gasteiger partial charge in [0.2, 0.25) is 0 Å². The number of ketones is 2. The molecular formula is C11H20O2. The normalized spacial score (nSPS) is 11.4. The van der Waals surface area contributed by atoms with E-state index in [1.54, 1.807) is 0 Å². The zero-order valence-corrected chi connectivity index (χ0v) is 9.14. The fraction of sp³-hybridized carbons (Fsp3) is 0.818. The van der Waals surface area contributed by atoms with Crippen molar-refractivity contribution in [3.8, 4) is 0 Å². The Bertz CT molecular complexity index is 190. The topological polar surface area (TPSA) is 34.1 Å². The van der Waals surface area contributed by atoms with Crippen molar-refractivity contribution in [2.24, 2.45) is 5.41 Å². The number of hydrogen-bond donors (Lipinski definition) is 0. The van der Waals surface area contributed by atoms with Gasteiger partial charge in [0, 0.05) is 18.3 Å². The summed E-state index contributed by atoms with van der Waals surface area (Å²) in [6.07, 6.45) is 2.53. The van der Waals surface area contributed by atoms with Gasteiger partial charge >= 0.3 is 0 Å². The lowest BCUT2D eigenvalue weighted by atomic mass is 9.78. The Labute approximate surface area is 80.7 Å². The lowest BCUT2D eigenvalue weighted by molar-refractivity contribution is -0.130. The molecule has 0 aromatic carbocycles. The van der Waals surface area contributed by atoms with Gasteiger partial charge in [0.1, 0.15) is 11.6 Å². The van der Waals surface area contributed by atoms with E-state index < -0.39 is 0 Å². The van der Waals surface area contributed by atoms with Crippen molar-refractivity contribution < 1.29 is 9.59 Å². The first-order valence-corrected chi connectivity index (χ1v) is 4.99. The molecule has 0 aromatic heterocycles. The number of carbonyl (C=O) groups excluding carboxylic acids is 2. The molecular weight excluding hydrogens is 164 g/mol. The van der Waals surface area contributed by atoms with Crippen LogP contribution in [-0.2, 0) is 9.59 Å². The Kier molecular flexibility index (Phi) is 4.89. The van der Waals surface area contributed by atoms with Crippen LogP contribution < -0.4 is 0 Å². The average molecular weight is 184 g/mol. The van der Waals surface area contributed by atoms with Gasteiger partial charge in [0.05, 0.1) is 0 Å². The summed E-state index contributed by atoms with van der Waals surface area (Å²) in [6.45, 7) is 7.56. The fourth-order valence-corrected chi connectivity index (χ4v) is 1.24. The van der Waals surface area contributed by atoms with Crippen LogP contribution >= 0.6 is 0 Å². The molecule has 0 heterocycles. The van der Waals surface area contributed by atoms with Crippen LogP contribution in [-0.4, -0.2) is 11.6 Å². The maximum absolute atomic E-state index is 11.7. The molecule has 13 heavy (non-hydrogen) atoms. The highest BCUT2D eigenvalue weighted by Crippen LogP contribution is 2.28. The minimum atomic E-state index is -0.213. The Hall–Kier alpha value is -0.660. The molecule has 0 amide bonds. The van der Waals surface area contributed by atoms with Gasteiger partial charge in [-0.3, -0.25) is 4.79 Å². The zero-order valence-electron chi connectivity index (χ0n) is 9.14. The SMILES string of the molecule is CCC(C)(CC)C(=O)CCC(C)=O. The van der Waals surface area contributed by atoms with Crippen molar-refractivity contribution >= 4 is 11.6 Å². The van der Waals surface area contributed by atoms with Gasteiger partial charge in [-0.1, -0.05) is 20.8 Å². The lowest BCUT2D eigenvalue weighted by Crippen LogP contribution is -2.26. The van der Waals surface area contributed by atoms with Gasteiger partial charge in [-0.25, -0.2) is 0 Å². The molecule has 0 N–H and O–H groups in total. The highest BCUT2D eigenvalue weighted by molar-refractivity contribution is 5.88. The fourth-order valence-electron chi connectivity index (χ4n) is 1.24. The summed E-state index contributed by atoms with van der Waals surface area (Å²) in [6, 6.07) is 0. The van der Waals surface area contributed by atoms with Gasteiger partial charge in [-0.2, -0.15) is 0 Å². The molecule has 0 saturated carbocycles. The molecule has 76 valence electrons. The van der Waals surface area contributed by atoms with Crippen LogP contribution in [0.5, 0.6) is 0 Å². The quantitative estimate of drug-likeness (QED) is 0.636. The number of hydrogen-bond acceptors (Lipinski definition) is 2. The molecule has 0 rings (SSSR count). The second kappa shape index (κ2) is 5.15. The minimum Gasteiger partial charge on any atom is -0.300 e. The van der Waals surface area contributed by atoms with Crippen molar-refractivity contribution in [3.05, 3.63) is 0 Å². The van der Waals surface area contributed by atoms with Gasteiger partial charge in [-0.05, 0) is 19.8 Å². The summed E-state index contributed by atoms with van der Waals surface area (Å²) in [5.74, 6) is 0.329. The van der Waals surface area contributed by atoms with Crippen molar-refractivity contribution in [2.75, 3.05) is 0 Å². The van der Waals surface area contributed by atoms with Crippen LogP contribution in [0.1, 0.15) is 53.4 Å². The molecule has 0 bridgehead atoms. The number of rotatable bonds is 6. The third-order valence-electron chi connectivity index (χ3n) is 2.94. The predicted molar refractivity (Wildman–Crippen MR) is 53.6 cm³/mol. The number of carbonyl (C=O) groups is 2. The van der Waals surface area contributed by atoms with Crippen molar-refractivity contribution in [2.45, 2.75) is 53.4 Å². The van der Waals surface area contributed by atoms with Crippen LogP contribution in [0.25, 0.3) is 0 Å². The summed E-state index contributed by atoms with van der Waals surface area (Å²) in [4.78, 5) is 22.4. The molecule has 0 fully saturated rings. The molecule has 2 nitrogen and oxygen atoms in total. The van der Waals surface area contributed by atoms with E-state index in [-0.39, 0.29) is 17.0 Å². The van der Waals surface area contributed by atoms with Crippen LogP contribution in [0, 0.1) is 5.41 Å². The maximum atomic E-state index is 11.7. The first-order valence-electron chi connectivity index (χ1n) is 4.99. The largest absolute Gasteiger partial charge is 0.300 e. The lowest BCUT2D eigenvalue weighted by Gasteiger charge is -2.24. The van der Waals surface area contributed by atoms with Crippen molar-refractivity contribution in [1.82, 2.24) is 0 Å². The van der Waals surface area contributed by atoms with Crippen LogP contribution in [0.2, 0.25) is 0 Å². The molecule has 0 saturated heterocycles. The summed E-state index contributed by atoms with van der Waals surface area (Å²) >= 11 is 0. The van der Waals surface area contributed by atoms with Gasteiger partial charge in [-0.15, -0.1) is 0 Å². The summed E-state index contributed by atoms with van der Waals surface area (Å²) in [5, 5.41) is 0. The molecule has 0 aliphatic rings. The average Bonchev–Trinajstić information content (AvgIpc) is 2.12. The van der Waals surface area contributed by atoms with E-state index >= 15 is 0 Å². The van der Waals surface area contributed by atoms with Crippen LogP contribution in [0.15, 0.2) is 0 Å². The third-order valence-corrected chi connectivity index (χ3v) is 2.94. The highest BCUT2D eigenvalue weighted by Gasteiger charge is 2.28. The minimum absolute atomic E-state index is 0.0999. The summed E-state index contributed by atoms with van der Waals surface area (Å²) in [5.41, 5.74) is -0.213. The van der Waals surface area contributed by atoms with Gasteiger partial charge in [0.15, 0.2) is 0 Å². The predicted octanol–water partition coefficient (Wildman–Crippen LogP) is 2.75. The first kappa shape index (κ1) is 12.3. The molecule has 2 heteroatoms. The third kappa shape index (κ3) is 3.71. The Balaban J connectivity index is 4.15. The Morgan fingerprint density at radius 2 is 1.54 bits per heavy atom. The standard InChI is InChI=1S/C11H20O2/c1-5-11(4,6-2)10(13)8-7-9(3)12/h5-8H2,1-4H3. The molecule has 0 aromatic rings. The zero-order chi connectivity index (χ0) is 10.5.